The number of carbonyl (C=O) groups excluding carboxylic acids is 1. The summed E-state index contributed by atoms with van der Waals surface area (Å²) >= 11 is 0. The molecule has 108 valence electrons. The lowest BCUT2D eigenvalue weighted by molar-refractivity contribution is 0.100. The molecule has 0 radical (unpaired) electrons. The molecule has 1 heterocycles. The lowest BCUT2D eigenvalue weighted by Gasteiger charge is -2.32. The van der Waals surface area contributed by atoms with Gasteiger partial charge < -0.3 is 16.0 Å². The van der Waals surface area contributed by atoms with Gasteiger partial charge in [-0.05, 0) is 56.8 Å². The van der Waals surface area contributed by atoms with Gasteiger partial charge >= 0.3 is 0 Å². The SMILES string of the molecule is NC(=O)c1ccccc1N(CC1CCNCC1)C1CC1. The second-order valence-electron chi connectivity index (χ2n) is 5.96. The number of hydrogen-bond donors (Lipinski definition) is 2. The molecule has 4 heteroatoms. The summed E-state index contributed by atoms with van der Waals surface area (Å²) in [5.74, 6) is 0.398. The van der Waals surface area contributed by atoms with Gasteiger partial charge in [0.15, 0.2) is 0 Å². The minimum Gasteiger partial charge on any atom is -0.368 e. The van der Waals surface area contributed by atoms with E-state index in [0.717, 1.165) is 31.2 Å². The van der Waals surface area contributed by atoms with E-state index in [1.165, 1.54) is 25.7 Å². The number of piperidine rings is 1. The number of carbonyl (C=O) groups is 1. The third kappa shape index (κ3) is 2.96. The number of hydrogen-bond acceptors (Lipinski definition) is 3. The molecular formula is C16H23N3O. The van der Waals surface area contributed by atoms with Gasteiger partial charge in [0, 0.05) is 18.3 Å². The minimum atomic E-state index is -0.323. The molecule has 20 heavy (non-hydrogen) atoms. The highest BCUT2D eigenvalue weighted by atomic mass is 16.1. The minimum absolute atomic E-state index is 0.323. The van der Waals surface area contributed by atoms with Crippen molar-refractivity contribution in [1.29, 1.82) is 0 Å². The van der Waals surface area contributed by atoms with Crippen molar-refractivity contribution in [2.75, 3.05) is 24.5 Å². The second-order valence-corrected chi connectivity index (χ2v) is 5.96. The molecule has 1 saturated heterocycles. The zero-order valence-electron chi connectivity index (χ0n) is 11.8. The Morgan fingerprint density at radius 1 is 1.20 bits per heavy atom. The first kappa shape index (κ1) is 13.4. The van der Waals surface area contributed by atoms with Crippen LogP contribution in [0.3, 0.4) is 0 Å². The monoisotopic (exact) mass is 273 g/mol. The van der Waals surface area contributed by atoms with Crippen LogP contribution in [0.15, 0.2) is 24.3 Å². The molecule has 2 fully saturated rings. The Bertz CT molecular complexity index is 478. The largest absolute Gasteiger partial charge is 0.368 e. The van der Waals surface area contributed by atoms with Crippen molar-refractivity contribution < 1.29 is 4.79 Å². The van der Waals surface area contributed by atoms with Crippen molar-refractivity contribution in [3.8, 4) is 0 Å². The molecule has 1 aromatic carbocycles. The molecule has 1 aliphatic heterocycles. The van der Waals surface area contributed by atoms with Crippen LogP contribution in [-0.2, 0) is 0 Å². The lowest BCUT2D eigenvalue weighted by atomic mass is 9.96. The molecule has 3 N–H and O–H groups in total. The molecule has 1 amide bonds. The van der Waals surface area contributed by atoms with E-state index in [1.807, 2.05) is 24.3 Å². The number of para-hydroxylation sites is 1. The van der Waals surface area contributed by atoms with E-state index in [4.69, 9.17) is 5.73 Å². The number of nitrogens with one attached hydrogen (secondary N) is 1. The Morgan fingerprint density at radius 2 is 1.90 bits per heavy atom. The maximum atomic E-state index is 11.6. The second kappa shape index (κ2) is 5.83. The smallest absolute Gasteiger partial charge is 0.250 e. The fourth-order valence-corrected chi connectivity index (χ4v) is 3.11. The van der Waals surface area contributed by atoms with Crippen LogP contribution < -0.4 is 16.0 Å². The molecule has 1 aliphatic carbocycles. The van der Waals surface area contributed by atoms with Gasteiger partial charge in [-0.15, -0.1) is 0 Å². The number of nitrogens with two attached hydrogens (primary N) is 1. The first-order valence-corrected chi connectivity index (χ1v) is 7.62. The Hall–Kier alpha value is -1.55. The predicted octanol–water partition coefficient (Wildman–Crippen LogP) is 1.75. The van der Waals surface area contributed by atoms with Gasteiger partial charge in [-0.1, -0.05) is 12.1 Å². The van der Waals surface area contributed by atoms with E-state index >= 15 is 0 Å². The van der Waals surface area contributed by atoms with Gasteiger partial charge in [0.05, 0.1) is 5.56 Å². The summed E-state index contributed by atoms with van der Waals surface area (Å²) in [6, 6.07) is 8.37. The van der Waals surface area contributed by atoms with Gasteiger partial charge in [-0.2, -0.15) is 0 Å². The number of amides is 1. The molecule has 2 aliphatic rings. The number of benzene rings is 1. The van der Waals surface area contributed by atoms with E-state index in [0.29, 0.717) is 11.6 Å². The van der Waals surface area contributed by atoms with E-state index < -0.39 is 0 Å². The first-order chi connectivity index (χ1) is 9.75. The maximum Gasteiger partial charge on any atom is 0.250 e. The topological polar surface area (TPSA) is 58.4 Å². The van der Waals surface area contributed by atoms with Crippen molar-refractivity contribution in [3.63, 3.8) is 0 Å². The molecule has 0 atom stereocenters. The average Bonchev–Trinajstić information content (AvgIpc) is 3.30. The summed E-state index contributed by atoms with van der Waals surface area (Å²) in [5, 5.41) is 3.41. The Morgan fingerprint density at radius 3 is 2.55 bits per heavy atom. The molecule has 0 aromatic heterocycles. The molecule has 1 saturated carbocycles. The van der Waals surface area contributed by atoms with Crippen LogP contribution in [0.25, 0.3) is 0 Å². The van der Waals surface area contributed by atoms with Crippen LogP contribution in [0, 0.1) is 5.92 Å². The number of anilines is 1. The average molecular weight is 273 g/mol. The zero-order chi connectivity index (χ0) is 13.9. The summed E-state index contributed by atoms with van der Waals surface area (Å²) in [4.78, 5) is 14.1. The van der Waals surface area contributed by atoms with Gasteiger partial charge in [0.2, 0.25) is 0 Å². The molecule has 4 nitrogen and oxygen atoms in total. The lowest BCUT2D eigenvalue weighted by Crippen LogP contribution is -2.38. The number of nitrogens with zero attached hydrogens (tertiary/aromatic N) is 1. The van der Waals surface area contributed by atoms with Gasteiger partial charge in [0.1, 0.15) is 0 Å². The summed E-state index contributed by atoms with van der Waals surface area (Å²) < 4.78 is 0. The van der Waals surface area contributed by atoms with Crippen LogP contribution in [0.5, 0.6) is 0 Å². The van der Waals surface area contributed by atoms with Crippen molar-refractivity contribution in [3.05, 3.63) is 29.8 Å². The van der Waals surface area contributed by atoms with Gasteiger partial charge in [-0.3, -0.25) is 4.79 Å². The van der Waals surface area contributed by atoms with E-state index in [-0.39, 0.29) is 5.91 Å². The fourth-order valence-electron chi connectivity index (χ4n) is 3.11. The van der Waals surface area contributed by atoms with Gasteiger partial charge in [0.25, 0.3) is 5.91 Å². The first-order valence-electron chi connectivity index (χ1n) is 7.62. The van der Waals surface area contributed by atoms with Gasteiger partial charge in [-0.25, -0.2) is 0 Å². The van der Waals surface area contributed by atoms with Crippen molar-refractivity contribution in [1.82, 2.24) is 5.32 Å². The molecule has 0 bridgehead atoms. The van der Waals surface area contributed by atoms with Crippen molar-refractivity contribution >= 4 is 11.6 Å². The highest BCUT2D eigenvalue weighted by molar-refractivity contribution is 5.98. The predicted molar refractivity (Wildman–Crippen MR) is 80.9 cm³/mol. The molecular weight excluding hydrogens is 250 g/mol. The Kier molecular flexibility index (Phi) is 3.92. The quantitative estimate of drug-likeness (QED) is 0.859. The maximum absolute atomic E-state index is 11.6. The summed E-state index contributed by atoms with van der Waals surface area (Å²) in [6.45, 7) is 3.28. The van der Waals surface area contributed by atoms with E-state index in [9.17, 15) is 4.79 Å². The molecule has 1 aromatic rings. The normalized spacial score (nSPS) is 19.8. The standard InChI is InChI=1S/C16H23N3O/c17-16(20)14-3-1-2-4-15(14)19(13-5-6-13)11-12-7-9-18-10-8-12/h1-4,12-13,18H,5-11H2,(H2,17,20). The van der Waals surface area contributed by atoms with Crippen LogP contribution in [0.4, 0.5) is 5.69 Å². The van der Waals surface area contributed by atoms with E-state index in [2.05, 4.69) is 10.2 Å². The molecule has 0 spiro atoms. The third-order valence-electron chi connectivity index (χ3n) is 4.38. The Balaban J connectivity index is 1.81. The van der Waals surface area contributed by atoms with E-state index in [1.54, 1.807) is 0 Å². The molecule has 0 unspecified atom stereocenters. The summed E-state index contributed by atoms with van der Waals surface area (Å²) in [5.41, 5.74) is 7.22. The van der Waals surface area contributed by atoms with Crippen LogP contribution >= 0.6 is 0 Å². The highest BCUT2D eigenvalue weighted by Gasteiger charge is 2.32. The van der Waals surface area contributed by atoms with Crippen LogP contribution in [0.2, 0.25) is 0 Å². The van der Waals surface area contributed by atoms with Crippen molar-refractivity contribution in [2.45, 2.75) is 31.7 Å². The van der Waals surface area contributed by atoms with Crippen LogP contribution in [-0.4, -0.2) is 31.6 Å². The number of primary amides is 1. The Labute approximate surface area is 120 Å². The zero-order valence-corrected chi connectivity index (χ0v) is 11.8. The third-order valence-corrected chi connectivity index (χ3v) is 4.38. The number of rotatable bonds is 5. The molecule has 3 rings (SSSR count). The highest BCUT2D eigenvalue weighted by Crippen LogP contribution is 2.35. The summed E-state index contributed by atoms with van der Waals surface area (Å²) in [7, 11) is 0. The summed E-state index contributed by atoms with van der Waals surface area (Å²) in [6.07, 6.45) is 4.92. The van der Waals surface area contributed by atoms with Crippen LogP contribution in [0.1, 0.15) is 36.0 Å². The van der Waals surface area contributed by atoms with Crippen molar-refractivity contribution in [2.24, 2.45) is 11.7 Å². The fraction of sp³-hybridized carbons (Fsp3) is 0.562.